The van der Waals surface area contributed by atoms with Crippen LogP contribution in [-0.4, -0.2) is 26.6 Å². The smallest absolute Gasteiger partial charge is 0.279 e. The zero-order valence-electron chi connectivity index (χ0n) is 11.6. The van der Waals surface area contributed by atoms with Crippen LogP contribution in [-0.2, 0) is 10.1 Å². The van der Waals surface area contributed by atoms with Crippen LogP contribution in [0, 0.1) is 13.0 Å². The molecular weight excluding hydrogens is 436 g/mol. The number of hydrogen-bond donors (Lipinski definition) is 1. The van der Waals surface area contributed by atoms with Crippen molar-refractivity contribution in [2.24, 2.45) is 0 Å². The van der Waals surface area contributed by atoms with Gasteiger partial charge in [0, 0.05) is 0 Å². The molecule has 0 aromatic heterocycles. The molecule has 1 aromatic carbocycles. The molecule has 1 rings (SSSR count). The maximum Gasteiger partial charge on any atom is 0.522 e. The van der Waals surface area contributed by atoms with Gasteiger partial charge in [-0.15, -0.1) is 0 Å². The molecule has 0 fully saturated rings. The molecule has 9 heteroatoms. The van der Waals surface area contributed by atoms with Crippen molar-refractivity contribution in [2.45, 2.75) is 25.1 Å². The molecule has 21 heavy (non-hydrogen) atoms. The lowest BCUT2D eigenvalue weighted by Crippen LogP contribution is -3.59. The Hall–Kier alpha value is -0.573. The summed E-state index contributed by atoms with van der Waals surface area (Å²) in [5.74, 6) is 0. The first-order valence-electron chi connectivity index (χ1n) is 5.58. The van der Waals surface area contributed by atoms with Gasteiger partial charge in [-0.3, -0.25) is 4.55 Å². The molecule has 1 aromatic rings. The summed E-state index contributed by atoms with van der Waals surface area (Å²) in [4.78, 5) is 0. The Bertz CT molecular complexity index is 599. The second-order valence-electron chi connectivity index (χ2n) is 4.78. The first-order valence-corrected chi connectivity index (χ1v) is 12.7. The van der Waals surface area contributed by atoms with Crippen LogP contribution in [0.4, 0.5) is 13.2 Å². The summed E-state index contributed by atoms with van der Waals surface area (Å²) in [6.07, 6.45) is 0. The fraction of sp³-hybridized carbons (Fsp3) is 0.333. The van der Waals surface area contributed by atoms with E-state index in [0.29, 0.717) is 0 Å². The largest absolute Gasteiger partial charge is 0.522 e. The van der Waals surface area contributed by atoms with Gasteiger partial charge in [-0.1, -0.05) is 43.4 Å². The molecule has 0 bridgehead atoms. The van der Waals surface area contributed by atoms with Crippen LogP contribution in [0.3, 0.4) is 0 Å². The number of benzene rings is 1. The van der Waals surface area contributed by atoms with Crippen molar-refractivity contribution in [3.8, 4) is 9.47 Å². The van der Waals surface area contributed by atoms with Gasteiger partial charge in [0.25, 0.3) is 0 Å². The molecule has 0 radical (unpaired) electrons. The monoisotopic (exact) mass is 451 g/mol. The zero-order valence-corrected chi connectivity index (χ0v) is 15.5. The summed E-state index contributed by atoms with van der Waals surface area (Å²) in [5, 5.41) is 0. The maximum atomic E-state index is 10.7. The Morgan fingerprint density at radius 1 is 1.14 bits per heavy atom. The highest BCUT2D eigenvalue weighted by molar-refractivity contribution is 7.86. The van der Waals surface area contributed by atoms with Crippen molar-refractivity contribution in [3.63, 3.8) is 0 Å². The minimum atomic E-state index is -5.84. The zero-order chi connectivity index (χ0) is 16.7. The average molecular weight is 451 g/mol. The lowest BCUT2D eigenvalue weighted by molar-refractivity contribution is -0.535. The van der Waals surface area contributed by atoms with E-state index in [1.165, 1.54) is 3.57 Å². The van der Waals surface area contributed by atoms with Crippen LogP contribution < -0.4 is 21.2 Å². The molecule has 0 atom stereocenters. The van der Waals surface area contributed by atoms with Gasteiger partial charge in [0.05, 0.1) is 0 Å². The van der Waals surface area contributed by atoms with E-state index in [1.807, 2.05) is 0 Å². The van der Waals surface area contributed by atoms with Crippen LogP contribution in [0.2, 0.25) is 19.6 Å². The van der Waals surface area contributed by atoms with Gasteiger partial charge < -0.3 is 0 Å². The first-order chi connectivity index (χ1) is 9.33. The Morgan fingerprint density at radius 3 is 1.90 bits per heavy atom. The highest BCUT2D eigenvalue weighted by atomic mass is 127. The van der Waals surface area contributed by atoms with Crippen LogP contribution in [0.5, 0.6) is 0 Å². The molecule has 0 spiro atoms. The molecule has 0 saturated carbocycles. The number of alkyl halides is 3. The Kier molecular flexibility index (Phi) is 7.94. The van der Waals surface area contributed by atoms with Crippen molar-refractivity contribution in [3.05, 3.63) is 33.9 Å². The SMILES string of the molecule is C[Si](C)(C)C#C[I+]c1ccccc1.O=S(=O)(O)C(F)(F)F. The van der Waals surface area contributed by atoms with Gasteiger partial charge in [0.2, 0.25) is 3.57 Å². The number of rotatable bonds is 1. The number of hydrogen-bond acceptors (Lipinski definition) is 2. The second-order valence-corrected chi connectivity index (χ2v) is 13.3. The quantitative estimate of drug-likeness (QED) is 0.218. The summed E-state index contributed by atoms with van der Waals surface area (Å²) < 4.78 is 62.3. The summed E-state index contributed by atoms with van der Waals surface area (Å²) in [5.41, 5.74) is -2.13. The summed E-state index contributed by atoms with van der Waals surface area (Å²) in [6, 6.07) is 10.6. The van der Waals surface area contributed by atoms with Crippen LogP contribution >= 0.6 is 0 Å². The molecule has 0 aliphatic heterocycles. The summed E-state index contributed by atoms with van der Waals surface area (Å²) in [7, 11) is -6.98. The van der Waals surface area contributed by atoms with Gasteiger partial charge >= 0.3 is 36.8 Å². The average Bonchev–Trinajstić information content (AvgIpc) is 2.26. The minimum absolute atomic E-state index is 0.0656. The summed E-state index contributed by atoms with van der Waals surface area (Å²) >= 11 is -0.0656. The van der Waals surface area contributed by atoms with Crippen molar-refractivity contribution >= 4 is 18.2 Å². The van der Waals surface area contributed by atoms with E-state index in [1.54, 1.807) is 0 Å². The lowest BCUT2D eigenvalue weighted by atomic mass is 10.4. The second kappa shape index (κ2) is 8.16. The van der Waals surface area contributed by atoms with E-state index in [-0.39, 0.29) is 21.2 Å². The molecule has 0 heterocycles. The Balaban J connectivity index is 0.000000433. The highest BCUT2D eigenvalue weighted by Crippen LogP contribution is 2.20. The highest BCUT2D eigenvalue weighted by Gasteiger charge is 2.44. The third-order valence-corrected chi connectivity index (χ3v) is 5.45. The van der Waals surface area contributed by atoms with Crippen molar-refractivity contribution in [1.82, 2.24) is 0 Å². The third kappa shape index (κ3) is 10.8. The molecule has 3 nitrogen and oxygen atoms in total. The van der Waals surface area contributed by atoms with Gasteiger partial charge in [0.15, 0.2) is 3.93 Å². The molecule has 0 amide bonds. The molecule has 118 valence electrons. The van der Waals surface area contributed by atoms with Crippen LogP contribution in [0.15, 0.2) is 30.3 Å². The standard InChI is InChI=1S/C11H14ISi.CHF3O3S/c1-13(2,3)10-9-12-11-7-5-4-6-8-11;2-1(3,4)8(5,6)7/h4-8H,1-3H3;(H,5,6,7)/q+1;. The van der Waals surface area contributed by atoms with E-state index >= 15 is 0 Å². The van der Waals surface area contributed by atoms with Crippen molar-refractivity contribution in [1.29, 1.82) is 0 Å². The Morgan fingerprint density at radius 2 is 1.57 bits per heavy atom. The minimum Gasteiger partial charge on any atom is -0.279 e. The normalized spacial score (nSPS) is 11.8. The van der Waals surface area contributed by atoms with E-state index in [9.17, 15) is 13.2 Å². The molecule has 0 aliphatic carbocycles. The topological polar surface area (TPSA) is 54.4 Å². The van der Waals surface area contributed by atoms with Gasteiger partial charge in [-0.2, -0.15) is 21.6 Å². The van der Waals surface area contributed by atoms with Gasteiger partial charge in [-0.05, 0) is 12.1 Å². The molecule has 0 unspecified atom stereocenters. The fourth-order valence-corrected chi connectivity index (χ4v) is 4.95. The lowest BCUT2D eigenvalue weighted by Gasteiger charge is -2.00. The van der Waals surface area contributed by atoms with Crippen LogP contribution in [0.1, 0.15) is 0 Å². The predicted octanol–water partition coefficient (Wildman–Crippen LogP) is 0.178. The van der Waals surface area contributed by atoms with E-state index in [2.05, 4.69) is 59.4 Å². The van der Waals surface area contributed by atoms with E-state index in [4.69, 9.17) is 13.0 Å². The fourth-order valence-electron chi connectivity index (χ4n) is 0.698. The van der Waals surface area contributed by atoms with E-state index < -0.39 is 23.7 Å². The Labute approximate surface area is 134 Å². The van der Waals surface area contributed by atoms with Crippen molar-refractivity contribution in [2.75, 3.05) is 0 Å². The molecule has 0 saturated heterocycles. The summed E-state index contributed by atoms with van der Waals surface area (Å²) in [6.45, 7) is 6.86. The molecule has 0 aliphatic rings. The first kappa shape index (κ1) is 20.4. The van der Waals surface area contributed by atoms with Gasteiger partial charge in [-0.25, -0.2) is 0 Å². The third-order valence-electron chi connectivity index (χ3n) is 1.60. The predicted molar refractivity (Wildman–Crippen MR) is 73.9 cm³/mol. The van der Waals surface area contributed by atoms with Gasteiger partial charge in [0.1, 0.15) is 8.07 Å². The number of halogens is 4. The maximum absolute atomic E-state index is 10.7. The van der Waals surface area contributed by atoms with E-state index in [0.717, 1.165) is 0 Å². The molecule has 1 N–H and O–H groups in total. The van der Waals surface area contributed by atoms with Crippen molar-refractivity contribution < 1.29 is 47.3 Å². The molecular formula is C12H15F3IO3SSi+. The van der Waals surface area contributed by atoms with Crippen LogP contribution in [0.25, 0.3) is 0 Å².